The Kier molecular flexibility index (Phi) is 4.56. The summed E-state index contributed by atoms with van der Waals surface area (Å²) in [5.74, 6) is -1.61. The molecule has 2 aromatic carbocycles. The molecule has 0 aromatic heterocycles. The number of hydrogen-bond donors (Lipinski definition) is 0. The monoisotopic (exact) mass is 422 g/mol. The molecule has 0 aliphatic carbocycles. The third-order valence-corrected chi connectivity index (χ3v) is 6.97. The zero-order valence-electron chi connectivity index (χ0n) is 17.0. The van der Waals surface area contributed by atoms with Gasteiger partial charge in [-0.25, -0.2) is 4.90 Å². The van der Waals surface area contributed by atoms with E-state index in [0.29, 0.717) is 16.3 Å². The van der Waals surface area contributed by atoms with Gasteiger partial charge in [-0.2, -0.15) is 0 Å². The third kappa shape index (κ3) is 2.83. The molecule has 2 aromatic rings. The van der Waals surface area contributed by atoms with Gasteiger partial charge in [0.25, 0.3) is 0 Å². The standard InChI is InChI=1S/C24H23ClN2O3/c1-13-10-14(2)12-17(11-13)27-23(29)19-18-4-3-9-26(18)21(20(19)24(27)30)22(28)15-5-7-16(25)8-6-15/h5-8,10-12,18-21H,3-4,9H2,1-2H3/t18-,19+,20+,21-/m0/s1. The van der Waals surface area contributed by atoms with Crippen molar-refractivity contribution in [2.24, 2.45) is 11.8 Å². The smallest absolute Gasteiger partial charge is 0.239 e. The van der Waals surface area contributed by atoms with Gasteiger partial charge in [0.15, 0.2) is 5.78 Å². The van der Waals surface area contributed by atoms with Crippen LogP contribution in [0, 0.1) is 25.7 Å². The van der Waals surface area contributed by atoms with Crippen LogP contribution in [0.2, 0.25) is 5.02 Å². The Morgan fingerprint density at radius 1 is 0.967 bits per heavy atom. The topological polar surface area (TPSA) is 57.7 Å². The average molecular weight is 423 g/mol. The molecule has 6 heteroatoms. The largest absolute Gasteiger partial charge is 0.292 e. The van der Waals surface area contributed by atoms with Gasteiger partial charge in [-0.15, -0.1) is 0 Å². The molecule has 0 N–H and O–H groups in total. The zero-order valence-corrected chi connectivity index (χ0v) is 17.7. The predicted molar refractivity (Wildman–Crippen MR) is 115 cm³/mol. The van der Waals surface area contributed by atoms with E-state index in [4.69, 9.17) is 11.6 Å². The first-order chi connectivity index (χ1) is 14.4. The maximum atomic E-state index is 13.6. The summed E-state index contributed by atoms with van der Waals surface area (Å²) >= 11 is 5.98. The van der Waals surface area contributed by atoms with Crippen LogP contribution in [-0.4, -0.2) is 41.1 Å². The highest BCUT2D eigenvalue weighted by atomic mass is 35.5. The van der Waals surface area contributed by atoms with Crippen LogP contribution >= 0.6 is 11.6 Å². The number of ketones is 1. The van der Waals surface area contributed by atoms with Gasteiger partial charge in [-0.3, -0.25) is 19.3 Å². The number of fused-ring (bicyclic) bond motifs is 3. The van der Waals surface area contributed by atoms with Crippen LogP contribution in [0.15, 0.2) is 42.5 Å². The number of rotatable bonds is 3. The second kappa shape index (κ2) is 7.03. The van der Waals surface area contributed by atoms with Crippen molar-refractivity contribution in [3.8, 4) is 0 Å². The number of carbonyl (C=O) groups excluding carboxylic acids is 3. The summed E-state index contributed by atoms with van der Waals surface area (Å²) in [5.41, 5.74) is 3.14. The van der Waals surface area contributed by atoms with E-state index < -0.39 is 17.9 Å². The second-order valence-electron chi connectivity index (χ2n) is 8.67. The molecule has 0 saturated carbocycles. The summed E-state index contributed by atoms with van der Waals surface area (Å²) < 4.78 is 0. The molecular weight excluding hydrogens is 400 g/mol. The van der Waals surface area contributed by atoms with Gasteiger partial charge >= 0.3 is 0 Å². The van der Waals surface area contributed by atoms with E-state index in [1.165, 1.54) is 4.90 Å². The summed E-state index contributed by atoms with van der Waals surface area (Å²) in [6.07, 6.45) is 1.77. The van der Waals surface area contributed by atoms with E-state index >= 15 is 0 Å². The fourth-order valence-electron chi connectivity index (χ4n) is 5.63. The fraction of sp³-hybridized carbons (Fsp3) is 0.375. The molecule has 0 bridgehead atoms. The van der Waals surface area contributed by atoms with E-state index in [2.05, 4.69) is 4.90 Å². The molecule has 154 valence electrons. The van der Waals surface area contributed by atoms with Gasteiger partial charge in [0, 0.05) is 16.6 Å². The second-order valence-corrected chi connectivity index (χ2v) is 9.11. The Morgan fingerprint density at radius 2 is 1.60 bits per heavy atom. The fourth-order valence-corrected chi connectivity index (χ4v) is 5.76. The molecule has 0 unspecified atom stereocenters. The molecule has 0 radical (unpaired) electrons. The van der Waals surface area contributed by atoms with Gasteiger partial charge in [0.2, 0.25) is 11.8 Å². The Labute approximate surface area is 180 Å². The number of amides is 2. The lowest BCUT2D eigenvalue weighted by Gasteiger charge is -2.27. The number of benzene rings is 2. The molecule has 0 spiro atoms. The molecule has 5 nitrogen and oxygen atoms in total. The first-order valence-corrected chi connectivity index (χ1v) is 10.8. The van der Waals surface area contributed by atoms with Crippen molar-refractivity contribution in [3.63, 3.8) is 0 Å². The Morgan fingerprint density at radius 3 is 2.27 bits per heavy atom. The molecule has 5 rings (SSSR count). The Balaban J connectivity index is 1.56. The van der Waals surface area contributed by atoms with Gasteiger partial charge in [0.05, 0.1) is 23.6 Å². The van der Waals surface area contributed by atoms with Crippen molar-refractivity contribution in [3.05, 3.63) is 64.2 Å². The Hall–Kier alpha value is -2.50. The van der Waals surface area contributed by atoms with Crippen LogP contribution in [0.3, 0.4) is 0 Å². The molecule has 3 fully saturated rings. The molecule has 3 aliphatic rings. The summed E-state index contributed by atoms with van der Waals surface area (Å²) in [6, 6.07) is 11.9. The number of carbonyl (C=O) groups is 3. The van der Waals surface area contributed by atoms with Crippen LogP contribution in [0.4, 0.5) is 5.69 Å². The van der Waals surface area contributed by atoms with Gasteiger partial charge in [0.1, 0.15) is 0 Å². The summed E-state index contributed by atoms with van der Waals surface area (Å²) in [4.78, 5) is 43.9. The minimum Gasteiger partial charge on any atom is -0.292 e. The van der Waals surface area contributed by atoms with E-state index in [1.54, 1.807) is 24.3 Å². The van der Waals surface area contributed by atoms with Crippen LogP contribution < -0.4 is 4.90 Å². The minimum absolute atomic E-state index is 0.0522. The number of hydrogen-bond acceptors (Lipinski definition) is 4. The highest BCUT2D eigenvalue weighted by Gasteiger charge is 2.64. The summed E-state index contributed by atoms with van der Waals surface area (Å²) in [7, 11) is 0. The van der Waals surface area contributed by atoms with E-state index in [1.807, 2.05) is 32.0 Å². The van der Waals surface area contributed by atoms with E-state index in [9.17, 15) is 14.4 Å². The van der Waals surface area contributed by atoms with Crippen molar-refractivity contribution in [2.45, 2.75) is 38.8 Å². The van der Waals surface area contributed by atoms with Crippen molar-refractivity contribution in [1.29, 1.82) is 0 Å². The minimum atomic E-state index is -0.633. The van der Waals surface area contributed by atoms with Crippen molar-refractivity contribution in [1.82, 2.24) is 4.90 Å². The molecule has 3 saturated heterocycles. The number of halogens is 1. The maximum Gasteiger partial charge on any atom is 0.239 e. The summed E-state index contributed by atoms with van der Waals surface area (Å²) in [5, 5.41) is 0.558. The Bertz CT molecular complexity index is 1040. The number of aryl methyl sites for hydroxylation is 2. The van der Waals surface area contributed by atoms with Gasteiger partial charge < -0.3 is 0 Å². The maximum absolute atomic E-state index is 13.6. The highest BCUT2D eigenvalue weighted by molar-refractivity contribution is 6.30. The van der Waals surface area contributed by atoms with Crippen LogP contribution in [0.25, 0.3) is 0 Å². The van der Waals surface area contributed by atoms with Crippen molar-refractivity contribution < 1.29 is 14.4 Å². The third-order valence-electron chi connectivity index (χ3n) is 6.71. The molecule has 3 heterocycles. The van der Waals surface area contributed by atoms with Crippen molar-refractivity contribution in [2.75, 3.05) is 11.4 Å². The number of nitrogens with zero attached hydrogens (tertiary/aromatic N) is 2. The number of Topliss-reactive ketones (excluding diaryl/α,β-unsaturated/α-hetero) is 1. The van der Waals surface area contributed by atoms with Crippen molar-refractivity contribution >= 4 is 34.9 Å². The lowest BCUT2D eigenvalue weighted by Crippen LogP contribution is -2.46. The molecule has 30 heavy (non-hydrogen) atoms. The quantitative estimate of drug-likeness (QED) is 0.557. The van der Waals surface area contributed by atoms with Crippen LogP contribution in [0.1, 0.15) is 34.3 Å². The zero-order chi connectivity index (χ0) is 21.2. The number of anilines is 1. The predicted octanol–water partition coefficient (Wildman–Crippen LogP) is 3.79. The molecule has 4 atom stereocenters. The van der Waals surface area contributed by atoms with Crippen LogP contribution in [-0.2, 0) is 9.59 Å². The molecular formula is C24H23ClN2O3. The molecule has 2 amide bonds. The van der Waals surface area contributed by atoms with Gasteiger partial charge in [-0.05, 0) is 80.8 Å². The first-order valence-electron chi connectivity index (χ1n) is 10.4. The lowest BCUT2D eigenvalue weighted by molar-refractivity contribution is -0.123. The first kappa shape index (κ1) is 19.5. The van der Waals surface area contributed by atoms with E-state index in [0.717, 1.165) is 30.5 Å². The van der Waals surface area contributed by atoms with Crippen LogP contribution in [0.5, 0.6) is 0 Å². The SMILES string of the molecule is Cc1cc(C)cc(N2C(=O)[C@@H]3[C@H](C2=O)[C@@H]2CCCN2[C@@H]3C(=O)c2ccc(Cl)cc2)c1. The average Bonchev–Trinajstić information content (AvgIpc) is 3.33. The van der Waals surface area contributed by atoms with E-state index in [-0.39, 0.29) is 23.6 Å². The highest BCUT2D eigenvalue weighted by Crippen LogP contribution is 2.48. The lowest BCUT2D eigenvalue weighted by atomic mass is 9.85. The summed E-state index contributed by atoms with van der Waals surface area (Å²) in [6.45, 7) is 4.65. The molecule has 3 aliphatic heterocycles. The van der Waals surface area contributed by atoms with Gasteiger partial charge in [-0.1, -0.05) is 17.7 Å². The number of imide groups is 1. The normalized spacial score (nSPS) is 28.2.